The van der Waals surface area contributed by atoms with Crippen LogP contribution in [0, 0.1) is 5.41 Å². The van der Waals surface area contributed by atoms with Crippen molar-refractivity contribution in [2.45, 2.75) is 33.4 Å². The van der Waals surface area contributed by atoms with Crippen molar-refractivity contribution in [2.24, 2.45) is 5.41 Å². The van der Waals surface area contributed by atoms with Gasteiger partial charge in [0.1, 0.15) is 6.54 Å². The van der Waals surface area contributed by atoms with Crippen molar-refractivity contribution in [1.82, 2.24) is 14.9 Å². The predicted molar refractivity (Wildman–Crippen MR) is 110 cm³/mol. The monoisotopic (exact) mass is 427 g/mol. The van der Waals surface area contributed by atoms with Gasteiger partial charge in [0, 0.05) is 4.47 Å². The van der Waals surface area contributed by atoms with Crippen LogP contribution in [0.25, 0.3) is 10.9 Å². The molecule has 1 unspecified atom stereocenters. The molecule has 0 bridgehead atoms. The Morgan fingerprint density at radius 3 is 2.56 bits per heavy atom. The Bertz CT molecular complexity index is 1020. The fraction of sp³-hybridized carbons (Fsp3) is 0.286. The van der Waals surface area contributed by atoms with E-state index >= 15 is 0 Å². The fourth-order valence-electron chi connectivity index (χ4n) is 3.05. The minimum absolute atomic E-state index is 0.0757. The van der Waals surface area contributed by atoms with Crippen molar-refractivity contribution in [3.05, 3.63) is 75.2 Å². The van der Waals surface area contributed by atoms with E-state index in [1.807, 2.05) is 36.4 Å². The molecule has 0 aliphatic rings. The van der Waals surface area contributed by atoms with E-state index < -0.39 is 0 Å². The Morgan fingerprint density at radius 1 is 1.19 bits per heavy atom. The third-order valence-electron chi connectivity index (χ3n) is 4.40. The normalized spacial score (nSPS) is 12.7. The lowest BCUT2D eigenvalue weighted by molar-refractivity contribution is -0.123. The molecule has 1 N–H and O–H groups in total. The molecular weight excluding hydrogens is 406 g/mol. The first-order valence-corrected chi connectivity index (χ1v) is 9.54. The van der Waals surface area contributed by atoms with Crippen LogP contribution in [0.4, 0.5) is 0 Å². The summed E-state index contributed by atoms with van der Waals surface area (Å²) in [5, 5.41) is 3.55. The van der Waals surface area contributed by atoms with Crippen LogP contribution >= 0.6 is 15.9 Å². The van der Waals surface area contributed by atoms with Gasteiger partial charge < -0.3 is 5.32 Å². The Labute approximate surface area is 166 Å². The lowest BCUT2D eigenvalue weighted by Crippen LogP contribution is -2.39. The number of benzene rings is 2. The number of aromatic nitrogens is 2. The van der Waals surface area contributed by atoms with Crippen molar-refractivity contribution >= 4 is 32.7 Å². The van der Waals surface area contributed by atoms with Gasteiger partial charge in [-0.1, -0.05) is 67.0 Å². The van der Waals surface area contributed by atoms with Crippen molar-refractivity contribution in [1.29, 1.82) is 0 Å². The number of hydrogen-bond donors (Lipinski definition) is 1. The van der Waals surface area contributed by atoms with Crippen molar-refractivity contribution in [2.75, 3.05) is 0 Å². The number of rotatable bonds is 4. The molecule has 1 aromatic heterocycles. The minimum Gasteiger partial charge on any atom is -0.347 e. The summed E-state index contributed by atoms with van der Waals surface area (Å²) < 4.78 is 2.14. The number of halogens is 1. The molecule has 27 heavy (non-hydrogen) atoms. The highest BCUT2D eigenvalue weighted by Gasteiger charge is 2.27. The zero-order valence-corrected chi connectivity index (χ0v) is 17.2. The van der Waals surface area contributed by atoms with Gasteiger partial charge in [-0.05, 0) is 29.2 Å². The lowest BCUT2D eigenvalue weighted by atomic mass is 9.82. The Hall–Kier alpha value is -2.47. The van der Waals surface area contributed by atoms with E-state index in [0.717, 1.165) is 10.0 Å². The maximum atomic E-state index is 12.7. The van der Waals surface area contributed by atoms with E-state index in [0.29, 0.717) is 10.9 Å². The molecule has 1 heterocycles. The van der Waals surface area contributed by atoms with Gasteiger partial charge in [-0.2, -0.15) is 0 Å². The first-order chi connectivity index (χ1) is 12.8. The molecular formula is C21H22BrN3O2. The summed E-state index contributed by atoms with van der Waals surface area (Å²) in [6.45, 7) is 6.15. The highest BCUT2D eigenvalue weighted by Crippen LogP contribution is 2.32. The van der Waals surface area contributed by atoms with Gasteiger partial charge in [-0.25, -0.2) is 4.98 Å². The number of nitrogens with zero attached hydrogens (tertiary/aromatic N) is 2. The summed E-state index contributed by atoms with van der Waals surface area (Å²) in [6, 6.07) is 15.0. The molecule has 0 spiro atoms. The highest BCUT2D eigenvalue weighted by atomic mass is 79.9. The third kappa shape index (κ3) is 4.45. The SMILES string of the molecule is CC(C)(C)C(NC(=O)Cn1cnc2ccc(Br)cc2c1=O)c1ccccc1. The van der Waals surface area contributed by atoms with E-state index in [2.05, 4.69) is 47.0 Å². The molecule has 0 aliphatic carbocycles. The number of amides is 1. The molecule has 1 amide bonds. The largest absolute Gasteiger partial charge is 0.347 e. The van der Waals surface area contributed by atoms with Gasteiger partial charge in [-0.15, -0.1) is 0 Å². The molecule has 0 saturated heterocycles. The lowest BCUT2D eigenvalue weighted by Gasteiger charge is -2.32. The van der Waals surface area contributed by atoms with E-state index in [1.54, 1.807) is 12.1 Å². The number of nitrogens with one attached hydrogen (secondary N) is 1. The molecule has 0 radical (unpaired) electrons. The maximum absolute atomic E-state index is 12.7. The van der Waals surface area contributed by atoms with Crippen molar-refractivity contribution in [3.63, 3.8) is 0 Å². The second kappa shape index (κ2) is 7.64. The molecule has 3 rings (SSSR count). The third-order valence-corrected chi connectivity index (χ3v) is 4.90. The highest BCUT2D eigenvalue weighted by molar-refractivity contribution is 9.10. The second-order valence-corrected chi connectivity index (χ2v) is 8.53. The van der Waals surface area contributed by atoms with Gasteiger partial charge >= 0.3 is 0 Å². The minimum atomic E-state index is -0.233. The smallest absolute Gasteiger partial charge is 0.261 e. The topological polar surface area (TPSA) is 64.0 Å². The van der Waals surface area contributed by atoms with Crippen LogP contribution in [-0.4, -0.2) is 15.5 Å². The van der Waals surface area contributed by atoms with Crippen LogP contribution in [0.2, 0.25) is 0 Å². The summed E-state index contributed by atoms with van der Waals surface area (Å²) in [5.41, 5.74) is 1.24. The quantitative estimate of drug-likeness (QED) is 0.682. The van der Waals surface area contributed by atoms with Crippen molar-refractivity contribution in [3.8, 4) is 0 Å². The summed E-state index contributed by atoms with van der Waals surface area (Å²) >= 11 is 3.37. The van der Waals surface area contributed by atoms with Gasteiger partial charge in [0.2, 0.25) is 5.91 Å². The molecule has 0 saturated carbocycles. The average Bonchev–Trinajstić information content (AvgIpc) is 2.62. The van der Waals surface area contributed by atoms with Crippen LogP contribution < -0.4 is 10.9 Å². The van der Waals surface area contributed by atoms with Crippen LogP contribution in [-0.2, 0) is 11.3 Å². The number of carbonyl (C=O) groups excluding carboxylic acids is 1. The molecule has 0 fully saturated rings. The summed E-state index contributed by atoms with van der Waals surface area (Å²) in [6.07, 6.45) is 1.42. The van der Waals surface area contributed by atoms with Crippen molar-refractivity contribution < 1.29 is 4.79 Å². The van der Waals surface area contributed by atoms with Crippen LogP contribution in [0.5, 0.6) is 0 Å². The molecule has 6 heteroatoms. The standard InChI is InChI=1S/C21H22BrN3O2/c1-21(2,3)19(14-7-5-4-6-8-14)24-18(26)12-25-13-23-17-10-9-15(22)11-16(17)20(25)27/h4-11,13,19H,12H2,1-3H3,(H,24,26). The zero-order valence-electron chi connectivity index (χ0n) is 15.6. The molecule has 1 atom stereocenters. The summed E-state index contributed by atoms with van der Waals surface area (Å²) in [4.78, 5) is 29.7. The van der Waals surface area contributed by atoms with E-state index in [4.69, 9.17) is 0 Å². The Kier molecular flexibility index (Phi) is 5.46. The predicted octanol–water partition coefficient (Wildman–Crippen LogP) is 4.06. The number of fused-ring (bicyclic) bond motifs is 1. The van der Waals surface area contributed by atoms with Crippen LogP contribution in [0.3, 0.4) is 0 Å². The van der Waals surface area contributed by atoms with Gasteiger partial charge in [0.05, 0.1) is 23.3 Å². The second-order valence-electron chi connectivity index (χ2n) is 7.62. The van der Waals surface area contributed by atoms with E-state index in [-0.39, 0.29) is 29.5 Å². The van der Waals surface area contributed by atoms with E-state index in [1.165, 1.54) is 10.9 Å². The fourth-order valence-corrected chi connectivity index (χ4v) is 3.41. The molecule has 140 valence electrons. The van der Waals surface area contributed by atoms with Crippen LogP contribution in [0.15, 0.2) is 64.1 Å². The van der Waals surface area contributed by atoms with E-state index in [9.17, 15) is 9.59 Å². The first kappa shape index (κ1) is 19.3. The zero-order chi connectivity index (χ0) is 19.6. The molecule has 3 aromatic rings. The Morgan fingerprint density at radius 2 is 1.89 bits per heavy atom. The van der Waals surface area contributed by atoms with Gasteiger partial charge in [0.15, 0.2) is 0 Å². The Balaban J connectivity index is 1.85. The molecule has 0 aliphatic heterocycles. The summed E-state index contributed by atoms with van der Waals surface area (Å²) in [7, 11) is 0. The average molecular weight is 428 g/mol. The maximum Gasteiger partial charge on any atom is 0.261 e. The first-order valence-electron chi connectivity index (χ1n) is 8.75. The van der Waals surface area contributed by atoms with Crippen LogP contribution in [0.1, 0.15) is 32.4 Å². The van der Waals surface area contributed by atoms with Gasteiger partial charge in [0.25, 0.3) is 5.56 Å². The summed E-state index contributed by atoms with van der Waals surface area (Å²) in [5.74, 6) is -0.225. The number of hydrogen-bond acceptors (Lipinski definition) is 3. The van der Waals surface area contributed by atoms with Gasteiger partial charge in [-0.3, -0.25) is 14.2 Å². The molecule has 5 nitrogen and oxygen atoms in total. The molecule has 2 aromatic carbocycles. The number of carbonyl (C=O) groups is 1.